The van der Waals surface area contributed by atoms with Gasteiger partial charge in [-0.15, -0.1) is 24.7 Å². The fourth-order valence-corrected chi connectivity index (χ4v) is 1.50. The first-order valence-electron chi connectivity index (χ1n) is 3.43. The summed E-state index contributed by atoms with van der Waals surface area (Å²) in [5.74, 6) is 2.64. The third-order valence-corrected chi connectivity index (χ3v) is 1.96. The van der Waals surface area contributed by atoms with Crippen molar-refractivity contribution >= 4 is 12.4 Å². The number of allylic oxidation sites excluding steroid dienone is 2. The minimum Gasteiger partial charge on any atom is -0.400 e. The number of aliphatic hydroxyl groups excluding tert-OH is 1. The molecule has 1 nitrogen and oxygen atoms in total. The molecule has 2 bridgehead atoms. The topological polar surface area (TPSA) is 20.2 Å². The smallest absolute Gasteiger partial charge is 0.0319 e. The van der Waals surface area contributed by atoms with E-state index in [1.807, 2.05) is 0 Å². The van der Waals surface area contributed by atoms with Gasteiger partial charge in [0.25, 0.3) is 0 Å². The van der Waals surface area contributed by atoms with Crippen LogP contribution in [-0.4, -0.2) is 12.2 Å². The number of hydrogen-bond donors (Lipinski definition) is 1. The molecular formula is C8H14ClOPd-. The molecule has 2 aliphatic carbocycles. The van der Waals surface area contributed by atoms with E-state index in [0.717, 1.165) is 13.0 Å². The Hall–Kier alpha value is 0.522. The Kier molecular flexibility index (Phi) is 9.19. The van der Waals surface area contributed by atoms with E-state index in [2.05, 4.69) is 12.2 Å². The van der Waals surface area contributed by atoms with Gasteiger partial charge in [0.15, 0.2) is 0 Å². The molecule has 1 unspecified atom stereocenters. The second kappa shape index (κ2) is 7.19. The fraction of sp³-hybridized carbons (Fsp3) is 0.625. The number of aliphatic hydroxyl groups is 1. The SMILES string of the molecule is C1=CC2CC[C-]1C2.CO.Cl.[Pd]. The third-order valence-electron chi connectivity index (χ3n) is 1.96. The molecule has 2 aliphatic rings. The summed E-state index contributed by atoms with van der Waals surface area (Å²) in [7, 11) is 1.00. The Morgan fingerprint density at radius 3 is 2.18 bits per heavy atom. The summed E-state index contributed by atoms with van der Waals surface area (Å²) in [5, 5.41) is 7.00. The van der Waals surface area contributed by atoms with E-state index in [1.54, 1.807) is 5.92 Å². The van der Waals surface area contributed by atoms with Crippen molar-refractivity contribution in [2.24, 2.45) is 5.92 Å². The van der Waals surface area contributed by atoms with Crippen molar-refractivity contribution in [1.82, 2.24) is 0 Å². The van der Waals surface area contributed by atoms with Crippen LogP contribution >= 0.6 is 12.4 Å². The van der Waals surface area contributed by atoms with Crippen LogP contribution in [0.3, 0.4) is 0 Å². The van der Waals surface area contributed by atoms with Gasteiger partial charge < -0.3 is 5.11 Å². The molecule has 0 radical (unpaired) electrons. The molecule has 1 atom stereocenters. The van der Waals surface area contributed by atoms with Gasteiger partial charge in [-0.1, -0.05) is 12.8 Å². The van der Waals surface area contributed by atoms with Crippen molar-refractivity contribution in [2.75, 3.05) is 7.11 Å². The molecule has 0 amide bonds. The maximum Gasteiger partial charge on any atom is 0.0319 e. The van der Waals surface area contributed by atoms with Crippen LogP contribution in [0, 0.1) is 11.8 Å². The second-order valence-electron chi connectivity index (χ2n) is 2.52. The van der Waals surface area contributed by atoms with Crippen LogP contribution < -0.4 is 0 Å². The summed E-state index contributed by atoms with van der Waals surface area (Å²) in [6.07, 6.45) is 8.86. The van der Waals surface area contributed by atoms with Crippen LogP contribution in [0.5, 0.6) is 0 Å². The quantitative estimate of drug-likeness (QED) is 0.526. The van der Waals surface area contributed by atoms with Crippen molar-refractivity contribution in [1.29, 1.82) is 0 Å². The van der Waals surface area contributed by atoms with Gasteiger partial charge in [-0.3, -0.25) is 0 Å². The van der Waals surface area contributed by atoms with Gasteiger partial charge in [0.1, 0.15) is 0 Å². The fourth-order valence-electron chi connectivity index (χ4n) is 1.50. The first-order valence-corrected chi connectivity index (χ1v) is 3.43. The van der Waals surface area contributed by atoms with Crippen molar-refractivity contribution in [3.8, 4) is 0 Å². The first-order chi connectivity index (χ1) is 4.45. The van der Waals surface area contributed by atoms with E-state index in [9.17, 15) is 0 Å². The zero-order chi connectivity index (χ0) is 6.69. The number of halogens is 1. The molecule has 70 valence electrons. The summed E-state index contributed by atoms with van der Waals surface area (Å²) in [4.78, 5) is 0. The van der Waals surface area contributed by atoms with Crippen LogP contribution in [0.4, 0.5) is 0 Å². The van der Waals surface area contributed by atoms with E-state index in [0.29, 0.717) is 0 Å². The summed E-state index contributed by atoms with van der Waals surface area (Å²) in [6, 6.07) is 0. The first kappa shape index (κ1) is 14.1. The Labute approximate surface area is 88.3 Å². The summed E-state index contributed by atoms with van der Waals surface area (Å²) < 4.78 is 0. The van der Waals surface area contributed by atoms with Gasteiger partial charge in [-0.2, -0.15) is 0 Å². The van der Waals surface area contributed by atoms with Crippen LogP contribution in [0.1, 0.15) is 19.3 Å². The molecule has 1 fully saturated rings. The molecule has 0 aromatic heterocycles. The molecule has 11 heavy (non-hydrogen) atoms. The molecule has 3 heteroatoms. The molecule has 0 aliphatic heterocycles. The number of rotatable bonds is 0. The van der Waals surface area contributed by atoms with E-state index in [1.165, 1.54) is 19.3 Å². The minimum atomic E-state index is 0. The molecule has 2 rings (SSSR count). The molecule has 0 heterocycles. The number of hydrogen-bond acceptors (Lipinski definition) is 1. The molecule has 0 spiro atoms. The normalized spacial score (nSPS) is 23.1. The summed E-state index contributed by atoms with van der Waals surface area (Å²) in [6.45, 7) is 0. The molecule has 1 saturated carbocycles. The summed E-state index contributed by atoms with van der Waals surface area (Å²) in [5.41, 5.74) is 0. The zero-order valence-corrected chi connectivity index (χ0v) is 8.90. The standard InChI is InChI=1S/C7H9.CH4O.ClH.Pd/c1-2-7-4-3-6(1)5-7;1-2;;/h1-2,6H,3-5H2;2H,1H3;1H;/q-1;;;. The van der Waals surface area contributed by atoms with Crippen LogP contribution in [0.2, 0.25) is 0 Å². The Bertz CT molecular complexity index is 105. The largest absolute Gasteiger partial charge is 0.400 e. The van der Waals surface area contributed by atoms with E-state index < -0.39 is 0 Å². The van der Waals surface area contributed by atoms with Crippen LogP contribution in [0.15, 0.2) is 12.2 Å². The van der Waals surface area contributed by atoms with Gasteiger partial charge in [-0.25, -0.2) is 18.1 Å². The van der Waals surface area contributed by atoms with Crippen LogP contribution in [-0.2, 0) is 20.4 Å². The average Bonchev–Trinajstić information content (AvgIpc) is 2.53. The van der Waals surface area contributed by atoms with Crippen molar-refractivity contribution in [3.05, 3.63) is 18.1 Å². The Balaban J connectivity index is 0. The van der Waals surface area contributed by atoms with E-state index in [4.69, 9.17) is 5.11 Å². The van der Waals surface area contributed by atoms with Crippen molar-refractivity contribution in [3.63, 3.8) is 0 Å². The summed E-state index contributed by atoms with van der Waals surface area (Å²) >= 11 is 0. The predicted molar refractivity (Wildman–Crippen MR) is 45.1 cm³/mol. The molecule has 0 saturated heterocycles. The average molecular weight is 268 g/mol. The Morgan fingerprint density at radius 2 is 2.09 bits per heavy atom. The second-order valence-corrected chi connectivity index (χ2v) is 2.52. The van der Waals surface area contributed by atoms with Gasteiger partial charge in [0, 0.05) is 27.5 Å². The zero-order valence-electron chi connectivity index (χ0n) is 6.53. The molecule has 0 aromatic carbocycles. The van der Waals surface area contributed by atoms with Gasteiger partial charge in [0.2, 0.25) is 0 Å². The molecule has 0 aromatic rings. The minimum absolute atomic E-state index is 0. The van der Waals surface area contributed by atoms with Gasteiger partial charge >= 0.3 is 0 Å². The van der Waals surface area contributed by atoms with E-state index in [-0.39, 0.29) is 32.8 Å². The van der Waals surface area contributed by atoms with E-state index >= 15 is 0 Å². The van der Waals surface area contributed by atoms with Gasteiger partial charge in [0.05, 0.1) is 0 Å². The van der Waals surface area contributed by atoms with Gasteiger partial charge in [-0.05, 0) is 0 Å². The molecule has 1 N–H and O–H groups in total. The third kappa shape index (κ3) is 3.62. The monoisotopic (exact) mass is 267 g/mol. The molecular weight excluding hydrogens is 254 g/mol. The maximum absolute atomic E-state index is 7.00. The maximum atomic E-state index is 7.00. The predicted octanol–water partition coefficient (Wildman–Crippen LogP) is 1.96. The van der Waals surface area contributed by atoms with Crippen molar-refractivity contribution in [2.45, 2.75) is 19.3 Å². The Morgan fingerprint density at radius 1 is 1.45 bits per heavy atom. The van der Waals surface area contributed by atoms with Crippen LogP contribution in [0.25, 0.3) is 0 Å². The van der Waals surface area contributed by atoms with Crippen molar-refractivity contribution < 1.29 is 25.5 Å². The number of fused-ring (bicyclic) bond motifs is 2.